The minimum atomic E-state index is -3.88. The van der Waals surface area contributed by atoms with Gasteiger partial charge in [-0.05, 0) is 38.1 Å². The molecule has 0 bridgehead atoms. The molecule has 3 N–H and O–H groups in total. The minimum Gasteiger partial charge on any atom is -0.336 e. The summed E-state index contributed by atoms with van der Waals surface area (Å²) in [6.45, 7) is 3.15. The average molecular weight is 380 g/mol. The van der Waals surface area contributed by atoms with Crippen molar-refractivity contribution >= 4 is 27.3 Å². The van der Waals surface area contributed by atoms with E-state index in [1.807, 2.05) is 0 Å². The maximum absolute atomic E-state index is 13.6. The molecule has 0 aliphatic rings. The van der Waals surface area contributed by atoms with Crippen LogP contribution >= 0.6 is 0 Å². The van der Waals surface area contributed by atoms with Gasteiger partial charge in [-0.25, -0.2) is 17.2 Å². The van der Waals surface area contributed by atoms with Gasteiger partial charge in [0.05, 0.1) is 17.1 Å². The van der Waals surface area contributed by atoms with Crippen molar-refractivity contribution < 1.29 is 17.2 Å². The van der Waals surface area contributed by atoms with Gasteiger partial charge in [-0.3, -0.25) is 9.82 Å². The highest BCUT2D eigenvalue weighted by Crippen LogP contribution is 2.22. The molecule has 0 fully saturated rings. The number of aromatic nitrogens is 4. The maximum atomic E-state index is 13.6. The fraction of sp³-hybridized carbons (Fsp3) is 0.133. The molecule has 2 heterocycles. The van der Waals surface area contributed by atoms with Gasteiger partial charge in [-0.1, -0.05) is 0 Å². The lowest BCUT2D eigenvalue weighted by molar-refractivity contribution is 0.586. The zero-order valence-electron chi connectivity index (χ0n) is 13.7. The third kappa shape index (κ3) is 3.61. The Balaban J connectivity index is 1.77. The second-order valence-electron chi connectivity index (χ2n) is 5.42. The predicted molar refractivity (Wildman–Crippen MR) is 90.5 cm³/mol. The van der Waals surface area contributed by atoms with Crippen LogP contribution in [0.15, 0.2) is 35.2 Å². The van der Waals surface area contributed by atoms with Crippen molar-refractivity contribution in [2.75, 3.05) is 10.0 Å². The molecule has 1 aromatic carbocycles. The second kappa shape index (κ2) is 6.67. The molecule has 11 heteroatoms. The number of benzene rings is 1. The van der Waals surface area contributed by atoms with E-state index < -0.39 is 21.7 Å². The lowest BCUT2D eigenvalue weighted by Gasteiger charge is -2.09. The predicted octanol–water partition coefficient (Wildman–Crippen LogP) is 2.64. The second-order valence-corrected chi connectivity index (χ2v) is 7.04. The molecule has 0 unspecified atom stereocenters. The number of hydrogen-bond acceptors (Lipinski definition) is 6. The molecule has 136 valence electrons. The minimum absolute atomic E-state index is 0.0127. The summed E-state index contributed by atoms with van der Waals surface area (Å²) in [5, 5.41) is 16.6. The number of anilines is 3. The molecule has 3 aromatic rings. The van der Waals surface area contributed by atoms with E-state index in [9.17, 15) is 17.2 Å². The fourth-order valence-corrected chi connectivity index (χ4v) is 3.68. The van der Waals surface area contributed by atoms with Gasteiger partial charge < -0.3 is 5.32 Å². The Hall–Kier alpha value is -3.08. The summed E-state index contributed by atoms with van der Waals surface area (Å²) < 4.78 is 53.7. The lowest BCUT2D eigenvalue weighted by atomic mass is 10.3. The first-order valence-electron chi connectivity index (χ1n) is 7.36. The number of nitrogens with one attached hydrogen (secondary N) is 3. The summed E-state index contributed by atoms with van der Waals surface area (Å²) in [4.78, 5) is 0.0369. The maximum Gasteiger partial charge on any atom is 0.266 e. The van der Waals surface area contributed by atoms with Crippen LogP contribution in [-0.2, 0) is 10.0 Å². The Morgan fingerprint density at radius 3 is 2.31 bits per heavy atom. The number of hydrogen-bond donors (Lipinski definition) is 3. The van der Waals surface area contributed by atoms with Crippen molar-refractivity contribution in [3.8, 4) is 0 Å². The molecule has 8 nitrogen and oxygen atoms in total. The Morgan fingerprint density at radius 2 is 1.73 bits per heavy atom. The summed E-state index contributed by atoms with van der Waals surface area (Å²) in [5.41, 5.74) is 0.736. The van der Waals surface area contributed by atoms with Crippen LogP contribution in [0, 0.1) is 25.5 Å². The highest BCUT2D eigenvalue weighted by molar-refractivity contribution is 7.92. The Kier molecular flexibility index (Phi) is 4.55. The van der Waals surface area contributed by atoms with Crippen LogP contribution < -0.4 is 10.0 Å². The molecule has 0 aliphatic heterocycles. The van der Waals surface area contributed by atoms with Gasteiger partial charge in [0.25, 0.3) is 10.0 Å². The van der Waals surface area contributed by atoms with Crippen LogP contribution in [0.3, 0.4) is 0 Å². The molecule has 0 amide bonds. The van der Waals surface area contributed by atoms with E-state index in [-0.39, 0.29) is 22.2 Å². The number of sulfonamides is 1. The Labute approximate surface area is 147 Å². The van der Waals surface area contributed by atoms with Crippen LogP contribution in [-0.4, -0.2) is 28.8 Å². The molecule has 0 saturated carbocycles. The van der Waals surface area contributed by atoms with E-state index in [0.29, 0.717) is 11.4 Å². The number of H-pyrrole nitrogens is 1. The molecule has 2 aromatic heterocycles. The largest absolute Gasteiger partial charge is 0.336 e. The van der Waals surface area contributed by atoms with Crippen molar-refractivity contribution in [1.29, 1.82) is 0 Å². The summed E-state index contributed by atoms with van der Waals surface area (Å²) in [6, 6.07) is 5.81. The Morgan fingerprint density at radius 1 is 1.04 bits per heavy atom. The summed E-state index contributed by atoms with van der Waals surface area (Å²) in [5.74, 6) is -1.35. The highest BCUT2D eigenvalue weighted by Gasteiger charge is 2.22. The van der Waals surface area contributed by atoms with Gasteiger partial charge in [-0.15, -0.1) is 10.2 Å². The van der Waals surface area contributed by atoms with Gasteiger partial charge in [0.1, 0.15) is 16.5 Å². The number of nitrogens with zero attached hydrogens (tertiary/aromatic N) is 3. The van der Waals surface area contributed by atoms with Crippen molar-refractivity contribution in [2.24, 2.45) is 0 Å². The van der Waals surface area contributed by atoms with Crippen molar-refractivity contribution in [3.05, 3.63) is 53.4 Å². The topological polar surface area (TPSA) is 113 Å². The van der Waals surface area contributed by atoms with E-state index in [2.05, 4.69) is 30.4 Å². The number of halogens is 2. The van der Waals surface area contributed by atoms with Gasteiger partial charge in [0.15, 0.2) is 11.6 Å². The van der Waals surface area contributed by atoms with Crippen LogP contribution in [0.4, 0.5) is 26.1 Å². The van der Waals surface area contributed by atoms with E-state index >= 15 is 0 Å². The molecule has 0 atom stereocenters. The molecule has 0 spiro atoms. The van der Waals surface area contributed by atoms with Gasteiger partial charge in [0.2, 0.25) is 0 Å². The summed E-state index contributed by atoms with van der Waals surface area (Å²) in [7, 11) is -3.88. The van der Waals surface area contributed by atoms with Crippen LogP contribution in [0.5, 0.6) is 0 Å². The number of rotatable bonds is 5. The van der Waals surface area contributed by atoms with E-state index in [4.69, 9.17) is 0 Å². The first kappa shape index (κ1) is 17.7. The zero-order valence-corrected chi connectivity index (χ0v) is 14.5. The molecule has 3 rings (SSSR count). The molecule has 0 radical (unpaired) electrons. The number of aryl methyl sites for hydroxylation is 2. The van der Waals surface area contributed by atoms with Gasteiger partial charge in [-0.2, -0.15) is 5.10 Å². The van der Waals surface area contributed by atoms with Crippen molar-refractivity contribution in [2.45, 2.75) is 18.7 Å². The molecule has 26 heavy (non-hydrogen) atoms. The summed E-state index contributed by atoms with van der Waals surface area (Å²) >= 11 is 0. The molecular weight excluding hydrogens is 366 g/mol. The van der Waals surface area contributed by atoms with E-state index in [0.717, 1.165) is 12.1 Å². The number of aromatic amines is 1. The molecule has 0 aliphatic carbocycles. The van der Waals surface area contributed by atoms with E-state index in [1.54, 1.807) is 13.8 Å². The van der Waals surface area contributed by atoms with Crippen LogP contribution in [0.25, 0.3) is 0 Å². The standard InChI is InChI=1S/C15H14F2N6O2S/c1-8-15(9(2)20-19-8)26(24,25)23-14-6-5-13(21-22-14)18-12-4-3-10(16)7-11(12)17/h3-7H,1-2H3,(H,18,21)(H,19,20)(H,22,23). The smallest absolute Gasteiger partial charge is 0.266 e. The van der Waals surface area contributed by atoms with E-state index in [1.165, 1.54) is 18.2 Å². The molecular formula is C15H14F2N6O2S. The van der Waals surface area contributed by atoms with Crippen LogP contribution in [0.2, 0.25) is 0 Å². The first-order chi connectivity index (χ1) is 12.3. The Bertz CT molecular complexity index is 1030. The quantitative estimate of drug-likeness (QED) is 0.627. The van der Waals surface area contributed by atoms with Crippen molar-refractivity contribution in [1.82, 2.24) is 20.4 Å². The molecule has 0 saturated heterocycles. The fourth-order valence-electron chi connectivity index (χ4n) is 2.31. The average Bonchev–Trinajstić information content (AvgIpc) is 2.91. The normalized spacial score (nSPS) is 11.4. The van der Waals surface area contributed by atoms with Crippen molar-refractivity contribution in [3.63, 3.8) is 0 Å². The van der Waals surface area contributed by atoms with Gasteiger partial charge >= 0.3 is 0 Å². The SMILES string of the molecule is Cc1n[nH]c(C)c1S(=O)(=O)Nc1ccc(Nc2ccc(F)cc2F)nn1. The lowest BCUT2D eigenvalue weighted by Crippen LogP contribution is -2.16. The zero-order chi connectivity index (χ0) is 18.9. The highest BCUT2D eigenvalue weighted by atomic mass is 32.2. The monoisotopic (exact) mass is 380 g/mol. The third-order valence-corrected chi connectivity index (χ3v) is 5.04. The summed E-state index contributed by atoms with van der Waals surface area (Å²) in [6.07, 6.45) is 0. The van der Waals surface area contributed by atoms with Gasteiger partial charge in [0, 0.05) is 6.07 Å². The van der Waals surface area contributed by atoms with Crippen LogP contribution in [0.1, 0.15) is 11.4 Å². The third-order valence-electron chi connectivity index (χ3n) is 3.43. The first-order valence-corrected chi connectivity index (χ1v) is 8.85.